The zero-order chi connectivity index (χ0) is 31.3. The third-order valence-electron chi connectivity index (χ3n) is 5.75. The van der Waals surface area contributed by atoms with Crippen molar-refractivity contribution in [3.8, 4) is 40.1 Å². The van der Waals surface area contributed by atoms with Crippen molar-refractivity contribution in [3.63, 3.8) is 0 Å². The molecule has 3 aromatic rings. The summed E-state index contributed by atoms with van der Waals surface area (Å²) in [6.45, 7) is -0.801. The van der Waals surface area contributed by atoms with Crippen LogP contribution in [0.4, 0.5) is 0 Å². The molecule has 0 aliphatic heterocycles. The van der Waals surface area contributed by atoms with E-state index in [4.69, 9.17) is 20.4 Å². The number of carboxylic acids is 2. The van der Waals surface area contributed by atoms with Crippen molar-refractivity contribution < 1.29 is 59.3 Å². The van der Waals surface area contributed by atoms with Gasteiger partial charge in [0.25, 0.3) is 0 Å². The maximum atomic E-state index is 13.0. The highest BCUT2D eigenvalue weighted by Gasteiger charge is 2.27. The second kappa shape index (κ2) is 13.0. The monoisotopic (exact) mass is 607 g/mol. The van der Waals surface area contributed by atoms with Gasteiger partial charge in [-0.3, -0.25) is 24.0 Å². The SMILES string of the molecule is N[C@@H](CCC(=O)N[C@@H](CSc1c(O)cc(O)c2c(=O)c(O)c(-c3ccc(O)c(O)c3)oc12)C(=O)NCC(=O)O)C(=O)O. The molecule has 2 amide bonds. The Morgan fingerprint density at radius 1 is 0.952 bits per heavy atom. The number of nitrogens with two attached hydrogens (primary N) is 1. The Bertz CT molecular complexity index is 1620. The number of aromatic hydroxyl groups is 5. The molecule has 0 fully saturated rings. The van der Waals surface area contributed by atoms with E-state index < -0.39 is 105 Å². The lowest BCUT2D eigenvalue weighted by molar-refractivity contribution is -0.139. The summed E-state index contributed by atoms with van der Waals surface area (Å²) in [4.78, 5) is 59.7. The smallest absolute Gasteiger partial charge is 0.322 e. The van der Waals surface area contributed by atoms with Crippen LogP contribution in [0.15, 0.2) is 38.4 Å². The third-order valence-corrected chi connectivity index (χ3v) is 6.94. The molecule has 42 heavy (non-hydrogen) atoms. The van der Waals surface area contributed by atoms with Crippen LogP contribution in [0, 0.1) is 0 Å². The highest BCUT2D eigenvalue weighted by Crippen LogP contribution is 2.43. The maximum Gasteiger partial charge on any atom is 0.322 e. The van der Waals surface area contributed by atoms with Gasteiger partial charge in [0.05, 0.1) is 4.90 Å². The first kappa shape index (κ1) is 31.4. The van der Waals surface area contributed by atoms with Gasteiger partial charge in [0, 0.05) is 23.8 Å². The molecule has 16 nitrogen and oxygen atoms in total. The van der Waals surface area contributed by atoms with E-state index in [1.165, 1.54) is 6.07 Å². The molecule has 1 heterocycles. The molecule has 0 radical (unpaired) electrons. The highest BCUT2D eigenvalue weighted by molar-refractivity contribution is 7.99. The van der Waals surface area contributed by atoms with Crippen molar-refractivity contribution in [2.24, 2.45) is 5.73 Å². The molecule has 2 atom stereocenters. The molecule has 0 saturated carbocycles. The Labute approximate surface area is 239 Å². The molecule has 11 N–H and O–H groups in total. The summed E-state index contributed by atoms with van der Waals surface area (Å²) in [6, 6.07) is 1.19. The van der Waals surface area contributed by atoms with E-state index in [-0.39, 0.29) is 16.9 Å². The van der Waals surface area contributed by atoms with Gasteiger partial charge in [-0.1, -0.05) is 0 Å². The van der Waals surface area contributed by atoms with Gasteiger partial charge >= 0.3 is 11.9 Å². The number of phenolic OH excluding ortho intramolecular Hbond substituents is 4. The molecule has 3 rings (SSSR count). The number of aliphatic carboxylic acids is 2. The fourth-order valence-electron chi connectivity index (χ4n) is 3.61. The number of carboxylic acid groups (broad SMARTS) is 2. The molecule has 224 valence electrons. The lowest BCUT2D eigenvalue weighted by Gasteiger charge is -2.19. The average molecular weight is 608 g/mol. The summed E-state index contributed by atoms with van der Waals surface area (Å²) in [5.74, 6) is -8.90. The van der Waals surface area contributed by atoms with Crippen LogP contribution < -0.4 is 21.8 Å². The molecular weight excluding hydrogens is 582 g/mol. The van der Waals surface area contributed by atoms with Crippen molar-refractivity contribution in [3.05, 3.63) is 34.5 Å². The van der Waals surface area contributed by atoms with Crippen LogP contribution in [0.2, 0.25) is 0 Å². The van der Waals surface area contributed by atoms with Gasteiger partial charge < -0.3 is 56.5 Å². The van der Waals surface area contributed by atoms with Gasteiger partial charge in [-0.05, 0) is 24.6 Å². The highest BCUT2D eigenvalue weighted by atomic mass is 32.2. The largest absolute Gasteiger partial charge is 0.507 e. The molecule has 0 bridgehead atoms. The first-order valence-corrected chi connectivity index (χ1v) is 12.9. The zero-order valence-corrected chi connectivity index (χ0v) is 22.2. The van der Waals surface area contributed by atoms with Crippen LogP contribution in [0.5, 0.6) is 28.7 Å². The van der Waals surface area contributed by atoms with E-state index in [0.717, 1.165) is 18.2 Å². The van der Waals surface area contributed by atoms with Gasteiger partial charge in [0.1, 0.15) is 35.5 Å². The minimum absolute atomic E-state index is 0.0710. The predicted octanol–water partition coefficient (Wildman–Crippen LogP) is -0.0422. The van der Waals surface area contributed by atoms with Crippen LogP contribution in [0.1, 0.15) is 12.8 Å². The molecule has 0 aliphatic rings. The van der Waals surface area contributed by atoms with E-state index in [1.54, 1.807) is 0 Å². The minimum atomic E-state index is -1.46. The van der Waals surface area contributed by atoms with Crippen molar-refractivity contribution in [2.45, 2.75) is 29.8 Å². The van der Waals surface area contributed by atoms with Crippen molar-refractivity contribution in [1.29, 1.82) is 0 Å². The fourth-order valence-corrected chi connectivity index (χ4v) is 4.66. The number of amides is 2. The first-order valence-electron chi connectivity index (χ1n) is 11.9. The number of rotatable bonds is 12. The Morgan fingerprint density at radius 3 is 2.26 bits per heavy atom. The number of carbonyl (C=O) groups is 4. The minimum Gasteiger partial charge on any atom is -0.507 e. The number of thioether (sulfide) groups is 1. The zero-order valence-electron chi connectivity index (χ0n) is 21.4. The van der Waals surface area contributed by atoms with E-state index in [0.29, 0.717) is 11.8 Å². The number of hydrogen-bond acceptors (Lipinski definition) is 13. The Morgan fingerprint density at radius 2 is 1.64 bits per heavy atom. The second-order valence-corrected chi connectivity index (χ2v) is 9.82. The Kier molecular flexibility index (Phi) is 9.71. The van der Waals surface area contributed by atoms with Crippen LogP contribution in [0.25, 0.3) is 22.3 Å². The quantitative estimate of drug-likeness (QED) is 0.0954. The first-order chi connectivity index (χ1) is 19.7. The average Bonchev–Trinajstić information content (AvgIpc) is 2.92. The number of benzene rings is 2. The topological polar surface area (TPSA) is 290 Å². The number of fused-ring (bicyclic) bond motifs is 1. The molecule has 17 heteroatoms. The van der Waals surface area contributed by atoms with Crippen LogP contribution in [-0.4, -0.2) is 83.9 Å². The number of carbonyl (C=O) groups excluding carboxylic acids is 2. The van der Waals surface area contributed by atoms with E-state index >= 15 is 0 Å². The van der Waals surface area contributed by atoms with E-state index in [9.17, 15) is 49.5 Å². The van der Waals surface area contributed by atoms with Gasteiger partial charge in [-0.25, -0.2) is 0 Å². The molecule has 1 aromatic heterocycles. The van der Waals surface area contributed by atoms with Gasteiger partial charge in [0.2, 0.25) is 23.0 Å². The van der Waals surface area contributed by atoms with Crippen molar-refractivity contribution in [1.82, 2.24) is 10.6 Å². The van der Waals surface area contributed by atoms with Crippen LogP contribution >= 0.6 is 11.8 Å². The summed E-state index contributed by atoms with van der Waals surface area (Å²) in [6.07, 6.45) is -0.670. The number of phenols is 4. The normalized spacial score (nSPS) is 12.4. The lowest BCUT2D eigenvalue weighted by atomic mass is 10.1. The predicted molar refractivity (Wildman–Crippen MR) is 144 cm³/mol. The molecule has 0 spiro atoms. The van der Waals surface area contributed by atoms with Crippen molar-refractivity contribution in [2.75, 3.05) is 12.3 Å². The molecule has 2 aromatic carbocycles. The summed E-state index contributed by atoms with van der Waals surface area (Å²) in [7, 11) is 0. The van der Waals surface area contributed by atoms with E-state index in [2.05, 4.69) is 10.6 Å². The fraction of sp³-hybridized carbons (Fsp3) is 0.240. The van der Waals surface area contributed by atoms with Crippen LogP contribution in [0.3, 0.4) is 0 Å². The molecule has 0 aliphatic carbocycles. The Balaban J connectivity index is 2.01. The molecular formula is C25H25N3O13S. The number of nitrogens with one attached hydrogen (secondary N) is 2. The maximum absolute atomic E-state index is 13.0. The molecule has 0 unspecified atom stereocenters. The van der Waals surface area contributed by atoms with E-state index in [1.807, 2.05) is 0 Å². The lowest BCUT2D eigenvalue weighted by Crippen LogP contribution is -2.49. The van der Waals surface area contributed by atoms with Crippen molar-refractivity contribution >= 4 is 46.5 Å². The summed E-state index contributed by atoms with van der Waals surface area (Å²) in [5.41, 5.74) is 3.74. The third kappa shape index (κ3) is 7.12. The second-order valence-electron chi connectivity index (χ2n) is 8.79. The standard InChI is InChI=1S/C25H25N3O13S/c26-10(25(39)40)2-4-16(33)28-11(24(38)27-7-17(34)35)8-42-23-15(32)6-14(31)18-19(36)20(37)21(41-22(18)23)9-1-3-12(29)13(30)5-9/h1,3,5-6,10-11,29-32,37H,2,4,7-8,26H2,(H,27,38)(H,28,33)(H,34,35)(H,39,40)/t10-,11-/m0/s1. The van der Waals surface area contributed by atoms with Gasteiger partial charge in [-0.15, -0.1) is 11.8 Å². The summed E-state index contributed by atoms with van der Waals surface area (Å²) in [5, 5.41) is 72.5. The van der Waals surface area contributed by atoms with Gasteiger partial charge in [-0.2, -0.15) is 0 Å². The summed E-state index contributed by atoms with van der Waals surface area (Å²) >= 11 is 0.645. The Hall–Kier alpha value is -5.16. The number of hydrogen-bond donors (Lipinski definition) is 10. The van der Waals surface area contributed by atoms with Gasteiger partial charge in [0.15, 0.2) is 22.8 Å². The van der Waals surface area contributed by atoms with Crippen LogP contribution in [-0.2, 0) is 19.2 Å². The molecule has 0 saturated heterocycles. The summed E-state index contributed by atoms with van der Waals surface area (Å²) < 4.78 is 5.67.